The molecule has 0 unspecified atom stereocenters. The van der Waals surface area contributed by atoms with E-state index in [0.717, 1.165) is 5.56 Å². The molecule has 0 saturated carbocycles. The number of hydrogen-bond donors (Lipinski definition) is 2. The molecule has 100 valence electrons. The van der Waals surface area contributed by atoms with Gasteiger partial charge in [0, 0.05) is 0 Å². The van der Waals surface area contributed by atoms with E-state index in [-0.39, 0.29) is 5.76 Å². The molecular weight excluding hydrogens is 244 g/mol. The van der Waals surface area contributed by atoms with Crippen molar-refractivity contribution in [1.82, 2.24) is 0 Å². The maximum Gasteiger partial charge on any atom is 0.228 e. The summed E-state index contributed by atoms with van der Waals surface area (Å²) in [5.74, 6) is -0.531. The average molecular weight is 260 g/mol. The zero-order valence-electron chi connectivity index (χ0n) is 10.4. The lowest BCUT2D eigenvalue weighted by molar-refractivity contribution is 0.0161. The molecule has 19 heavy (non-hydrogen) atoms. The van der Waals surface area contributed by atoms with Gasteiger partial charge in [-0.25, -0.2) is 0 Å². The van der Waals surface area contributed by atoms with Crippen molar-refractivity contribution in [3.05, 3.63) is 60.1 Å². The smallest absolute Gasteiger partial charge is 0.228 e. The monoisotopic (exact) mass is 260 g/mol. The number of rotatable bonds is 6. The number of Topliss-reactive ketones (excluding diaryl/α,β-unsaturated/α-hetero) is 1. The van der Waals surface area contributed by atoms with Crippen LogP contribution in [0.3, 0.4) is 0 Å². The number of ketones is 1. The molecular formula is C15H16O4. The molecule has 2 rings (SSSR count). The predicted molar refractivity (Wildman–Crippen MR) is 69.8 cm³/mol. The lowest BCUT2D eigenvalue weighted by Crippen LogP contribution is -2.34. The minimum atomic E-state index is -1.45. The minimum absolute atomic E-state index is 0.0614. The molecule has 0 aliphatic rings. The molecule has 0 radical (unpaired) electrons. The van der Waals surface area contributed by atoms with E-state index < -0.39 is 18.0 Å². The van der Waals surface area contributed by atoms with Gasteiger partial charge in [-0.05, 0) is 30.5 Å². The summed E-state index contributed by atoms with van der Waals surface area (Å²) in [6.45, 7) is 0. The standard InChI is InChI=1S/C15H16O4/c16-12(9-8-11-5-2-1-3-6-11)14(17)15(18)13-7-4-10-19-13/h1-7,10,12,14,16-17H,8-9H2/t12-,14+/m1/s1. The number of aliphatic hydroxyl groups is 2. The molecule has 0 fully saturated rings. The highest BCUT2D eigenvalue weighted by Gasteiger charge is 2.26. The molecule has 0 aliphatic heterocycles. The fourth-order valence-corrected chi connectivity index (χ4v) is 1.86. The molecule has 0 spiro atoms. The van der Waals surface area contributed by atoms with Gasteiger partial charge in [0.05, 0.1) is 12.4 Å². The van der Waals surface area contributed by atoms with E-state index in [0.29, 0.717) is 12.8 Å². The molecule has 2 aromatic rings. The Hall–Kier alpha value is -1.91. The van der Waals surface area contributed by atoms with Crippen LogP contribution in [0.5, 0.6) is 0 Å². The lowest BCUT2D eigenvalue weighted by Gasteiger charge is -2.15. The van der Waals surface area contributed by atoms with Crippen LogP contribution in [0.25, 0.3) is 0 Å². The van der Waals surface area contributed by atoms with Crippen molar-refractivity contribution in [3.63, 3.8) is 0 Å². The van der Waals surface area contributed by atoms with Gasteiger partial charge in [-0.2, -0.15) is 0 Å². The summed E-state index contributed by atoms with van der Waals surface area (Å²) in [4.78, 5) is 11.8. The number of aryl methyl sites for hydroxylation is 1. The summed E-state index contributed by atoms with van der Waals surface area (Å²) < 4.78 is 4.91. The van der Waals surface area contributed by atoms with E-state index in [4.69, 9.17) is 4.42 Å². The van der Waals surface area contributed by atoms with E-state index in [9.17, 15) is 15.0 Å². The Bertz CT molecular complexity index is 504. The first-order valence-electron chi connectivity index (χ1n) is 6.16. The van der Waals surface area contributed by atoms with Crippen molar-refractivity contribution in [2.45, 2.75) is 25.0 Å². The Labute approximate surface area is 111 Å². The average Bonchev–Trinajstić information content (AvgIpc) is 2.98. The van der Waals surface area contributed by atoms with Gasteiger partial charge in [-0.15, -0.1) is 0 Å². The maximum atomic E-state index is 11.8. The molecule has 1 heterocycles. The Kier molecular flexibility index (Phi) is 4.49. The molecule has 0 saturated heterocycles. The molecule has 2 N–H and O–H groups in total. The van der Waals surface area contributed by atoms with Gasteiger partial charge < -0.3 is 14.6 Å². The van der Waals surface area contributed by atoms with Gasteiger partial charge in [0.2, 0.25) is 5.78 Å². The van der Waals surface area contributed by atoms with Crippen molar-refractivity contribution in [1.29, 1.82) is 0 Å². The van der Waals surface area contributed by atoms with Gasteiger partial charge in [0.25, 0.3) is 0 Å². The summed E-state index contributed by atoms with van der Waals surface area (Å²) in [7, 11) is 0. The molecule has 2 atom stereocenters. The minimum Gasteiger partial charge on any atom is -0.461 e. The van der Waals surface area contributed by atoms with Crippen LogP contribution in [-0.2, 0) is 6.42 Å². The molecule has 0 amide bonds. The van der Waals surface area contributed by atoms with Crippen molar-refractivity contribution < 1.29 is 19.4 Å². The van der Waals surface area contributed by atoms with E-state index >= 15 is 0 Å². The lowest BCUT2D eigenvalue weighted by atomic mass is 10.0. The van der Waals surface area contributed by atoms with Gasteiger partial charge in [0.1, 0.15) is 6.10 Å². The van der Waals surface area contributed by atoms with Crippen molar-refractivity contribution in [3.8, 4) is 0 Å². The first-order valence-corrected chi connectivity index (χ1v) is 6.16. The van der Waals surface area contributed by atoms with Crippen LogP contribution in [0.4, 0.5) is 0 Å². The zero-order valence-corrected chi connectivity index (χ0v) is 10.4. The van der Waals surface area contributed by atoms with E-state index in [1.165, 1.54) is 12.3 Å². The Morgan fingerprint density at radius 1 is 1.11 bits per heavy atom. The quantitative estimate of drug-likeness (QED) is 0.777. The summed E-state index contributed by atoms with van der Waals surface area (Å²) >= 11 is 0. The van der Waals surface area contributed by atoms with Gasteiger partial charge in [-0.1, -0.05) is 30.3 Å². The third-order valence-corrected chi connectivity index (χ3v) is 2.97. The third-order valence-electron chi connectivity index (χ3n) is 2.97. The molecule has 1 aromatic heterocycles. The van der Waals surface area contributed by atoms with Gasteiger partial charge >= 0.3 is 0 Å². The maximum absolute atomic E-state index is 11.8. The Morgan fingerprint density at radius 2 is 1.84 bits per heavy atom. The topological polar surface area (TPSA) is 70.7 Å². The van der Waals surface area contributed by atoms with Crippen LogP contribution in [-0.4, -0.2) is 28.2 Å². The number of aliphatic hydroxyl groups excluding tert-OH is 2. The fourth-order valence-electron chi connectivity index (χ4n) is 1.86. The number of benzene rings is 1. The van der Waals surface area contributed by atoms with E-state index in [1.54, 1.807) is 6.07 Å². The second kappa shape index (κ2) is 6.31. The summed E-state index contributed by atoms with van der Waals surface area (Å²) in [5, 5.41) is 19.6. The second-order valence-electron chi connectivity index (χ2n) is 4.38. The predicted octanol–water partition coefficient (Wildman–Crippen LogP) is 1.82. The van der Waals surface area contributed by atoms with Crippen molar-refractivity contribution in [2.24, 2.45) is 0 Å². The second-order valence-corrected chi connectivity index (χ2v) is 4.38. The van der Waals surface area contributed by atoms with E-state index in [2.05, 4.69) is 0 Å². The molecule has 0 bridgehead atoms. The number of hydrogen-bond acceptors (Lipinski definition) is 4. The van der Waals surface area contributed by atoms with Crippen LogP contribution in [0.15, 0.2) is 53.1 Å². The summed E-state index contributed by atoms with van der Waals surface area (Å²) in [6.07, 6.45) is -0.272. The molecule has 0 aliphatic carbocycles. The van der Waals surface area contributed by atoms with Crippen molar-refractivity contribution >= 4 is 5.78 Å². The summed E-state index contributed by atoms with van der Waals surface area (Å²) in [5.41, 5.74) is 1.05. The third kappa shape index (κ3) is 3.53. The van der Waals surface area contributed by atoms with Crippen LogP contribution < -0.4 is 0 Å². The van der Waals surface area contributed by atoms with Gasteiger partial charge in [0.15, 0.2) is 5.76 Å². The number of carbonyl (C=O) groups excluding carboxylic acids is 1. The largest absolute Gasteiger partial charge is 0.461 e. The van der Waals surface area contributed by atoms with Crippen LogP contribution in [0, 0.1) is 0 Å². The fraction of sp³-hybridized carbons (Fsp3) is 0.267. The van der Waals surface area contributed by atoms with Crippen LogP contribution >= 0.6 is 0 Å². The highest BCUT2D eigenvalue weighted by atomic mass is 16.4. The summed E-state index contributed by atoms with van der Waals surface area (Å²) in [6, 6.07) is 12.6. The SMILES string of the molecule is O=C(c1ccco1)[C@@H](O)[C@H](O)CCc1ccccc1. The Morgan fingerprint density at radius 3 is 2.47 bits per heavy atom. The highest BCUT2D eigenvalue weighted by Crippen LogP contribution is 2.12. The van der Waals surface area contributed by atoms with E-state index in [1.807, 2.05) is 30.3 Å². The first-order chi connectivity index (χ1) is 9.18. The van der Waals surface area contributed by atoms with Gasteiger partial charge in [-0.3, -0.25) is 4.79 Å². The number of furan rings is 1. The normalized spacial score (nSPS) is 14.0. The van der Waals surface area contributed by atoms with Crippen LogP contribution in [0.1, 0.15) is 22.5 Å². The highest BCUT2D eigenvalue weighted by molar-refractivity contribution is 5.97. The molecule has 1 aromatic carbocycles. The number of carbonyl (C=O) groups is 1. The first kappa shape index (κ1) is 13.5. The molecule has 4 nitrogen and oxygen atoms in total. The van der Waals surface area contributed by atoms with Crippen LogP contribution in [0.2, 0.25) is 0 Å². The molecule has 4 heteroatoms. The zero-order chi connectivity index (χ0) is 13.7. The van der Waals surface area contributed by atoms with Crippen molar-refractivity contribution in [2.75, 3.05) is 0 Å². The Balaban J connectivity index is 1.89.